The molecule has 0 bridgehead atoms. The predicted molar refractivity (Wildman–Crippen MR) is 75.1 cm³/mol. The Labute approximate surface area is 104 Å². The maximum absolute atomic E-state index is 3.59. The Hall–Kier alpha value is -0.470. The number of thioether (sulfide) groups is 1. The standard InChI is InChI=1S/C14H23NS/c1-4-11-16-12(3)14(15-5-2)13-9-7-6-8-10-13/h6-10,12,14-15H,4-5,11H2,1-3H3. The molecule has 90 valence electrons. The lowest BCUT2D eigenvalue weighted by atomic mass is 10.0. The minimum Gasteiger partial charge on any atom is -0.309 e. The first-order valence-corrected chi connectivity index (χ1v) is 7.24. The lowest BCUT2D eigenvalue weighted by Gasteiger charge is -2.24. The van der Waals surface area contributed by atoms with E-state index in [1.807, 2.05) is 0 Å². The van der Waals surface area contributed by atoms with Crippen LogP contribution in [-0.2, 0) is 0 Å². The van der Waals surface area contributed by atoms with Gasteiger partial charge >= 0.3 is 0 Å². The van der Waals surface area contributed by atoms with Crippen molar-refractivity contribution in [1.82, 2.24) is 5.32 Å². The minimum atomic E-state index is 0.475. The van der Waals surface area contributed by atoms with Gasteiger partial charge in [-0.25, -0.2) is 0 Å². The van der Waals surface area contributed by atoms with Crippen molar-refractivity contribution in [3.05, 3.63) is 35.9 Å². The SMILES string of the molecule is CCCSC(C)C(NCC)c1ccccc1. The Morgan fingerprint density at radius 1 is 1.19 bits per heavy atom. The highest BCUT2D eigenvalue weighted by molar-refractivity contribution is 7.99. The van der Waals surface area contributed by atoms with Crippen molar-refractivity contribution in [2.24, 2.45) is 0 Å². The van der Waals surface area contributed by atoms with Gasteiger partial charge in [0.25, 0.3) is 0 Å². The normalized spacial score (nSPS) is 14.7. The fourth-order valence-electron chi connectivity index (χ4n) is 1.84. The van der Waals surface area contributed by atoms with Gasteiger partial charge in [0.1, 0.15) is 0 Å². The summed E-state index contributed by atoms with van der Waals surface area (Å²) in [5, 5.41) is 4.21. The molecule has 16 heavy (non-hydrogen) atoms. The molecule has 1 rings (SSSR count). The second-order valence-electron chi connectivity index (χ2n) is 4.02. The van der Waals surface area contributed by atoms with Crippen LogP contribution in [0.1, 0.15) is 38.8 Å². The molecule has 0 aromatic heterocycles. The molecule has 0 amide bonds. The van der Waals surface area contributed by atoms with Crippen molar-refractivity contribution in [2.75, 3.05) is 12.3 Å². The molecule has 0 aliphatic rings. The Bertz CT molecular complexity index is 273. The van der Waals surface area contributed by atoms with Crippen LogP contribution in [0, 0.1) is 0 Å². The van der Waals surface area contributed by atoms with E-state index < -0.39 is 0 Å². The van der Waals surface area contributed by atoms with Crippen LogP contribution in [0.2, 0.25) is 0 Å². The van der Waals surface area contributed by atoms with Gasteiger partial charge in [-0.15, -0.1) is 0 Å². The summed E-state index contributed by atoms with van der Waals surface area (Å²) in [6.45, 7) is 7.76. The van der Waals surface area contributed by atoms with Crippen LogP contribution < -0.4 is 5.32 Å². The third-order valence-electron chi connectivity index (χ3n) is 2.64. The van der Waals surface area contributed by atoms with Gasteiger partial charge in [-0.1, -0.05) is 51.1 Å². The lowest BCUT2D eigenvalue weighted by Crippen LogP contribution is -2.28. The summed E-state index contributed by atoms with van der Waals surface area (Å²) in [5.74, 6) is 1.25. The van der Waals surface area contributed by atoms with Gasteiger partial charge in [0, 0.05) is 11.3 Å². The zero-order valence-corrected chi connectivity index (χ0v) is 11.4. The maximum Gasteiger partial charge on any atom is 0.0437 e. The Morgan fingerprint density at radius 3 is 2.44 bits per heavy atom. The highest BCUT2D eigenvalue weighted by atomic mass is 32.2. The van der Waals surface area contributed by atoms with Gasteiger partial charge in [0.15, 0.2) is 0 Å². The molecule has 1 N–H and O–H groups in total. The first-order chi connectivity index (χ1) is 7.79. The molecule has 0 radical (unpaired) electrons. The van der Waals surface area contributed by atoms with Crippen LogP contribution in [0.4, 0.5) is 0 Å². The number of benzene rings is 1. The number of nitrogens with one attached hydrogen (secondary N) is 1. The number of hydrogen-bond donors (Lipinski definition) is 1. The van der Waals surface area contributed by atoms with Crippen molar-refractivity contribution in [2.45, 2.75) is 38.5 Å². The average molecular weight is 237 g/mol. The van der Waals surface area contributed by atoms with Crippen molar-refractivity contribution >= 4 is 11.8 Å². The van der Waals surface area contributed by atoms with Crippen LogP contribution >= 0.6 is 11.8 Å². The highest BCUT2D eigenvalue weighted by Gasteiger charge is 2.17. The topological polar surface area (TPSA) is 12.0 Å². The highest BCUT2D eigenvalue weighted by Crippen LogP contribution is 2.26. The molecule has 0 spiro atoms. The van der Waals surface area contributed by atoms with Gasteiger partial charge in [-0.2, -0.15) is 11.8 Å². The fourth-order valence-corrected chi connectivity index (χ4v) is 2.89. The summed E-state index contributed by atoms with van der Waals surface area (Å²) in [6, 6.07) is 11.2. The minimum absolute atomic E-state index is 0.475. The van der Waals surface area contributed by atoms with Crippen molar-refractivity contribution in [3.8, 4) is 0 Å². The molecule has 1 aromatic carbocycles. The second kappa shape index (κ2) is 7.75. The third-order valence-corrected chi connectivity index (χ3v) is 4.08. The first-order valence-electron chi connectivity index (χ1n) is 6.19. The van der Waals surface area contributed by atoms with E-state index in [1.54, 1.807) is 0 Å². The Balaban J connectivity index is 2.66. The summed E-state index contributed by atoms with van der Waals surface area (Å²) < 4.78 is 0. The van der Waals surface area contributed by atoms with E-state index in [2.05, 4.69) is 68.2 Å². The van der Waals surface area contributed by atoms with Crippen LogP contribution in [0.3, 0.4) is 0 Å². The first kappa shape index (κ1) is 13.6. The molecular formula is C14H23NS. The molecule has 0 saturated carbocycles. The molecule has 2 atom stereocenters. The molecule has 1 aromatic rings. The molecular weight excluding hydrogens is 214 g/mol. The zero-order chi connectivity index (χ0) is 11.8. The molecule has 2 unspecified atom stereocenters. The van der Waals surface area contributed by atoms with E-state index in [9.17, 15) is 0 Å². The predicted octanol–water partition coefficient (Wildman–Crippen LogP) is 3.87. The molecule has 2 heteroatoms. The zero-order valence-electron chi connectivity index (χ0n) is 10.6. The van der Waals surface area contributed by atoms with Crippen LogP contribution in [-0.4, -0.2) is 17.5 Å². The van der Waals surface area contributed by atoms with Crippen molar-refractivity contribution < 1.29 is 0 Å². The van der Waals surface area contributed by atoms with Crippen molar-refractivity contribution in [3.63, 3.8) is 0 Å². The van der Waals surface area contributed by atoms with Gasteiger partial charge < -0.3 is 5.32 Å². The molecule has 0 aliphatic carbocycles. The van der Waals surface area contributed by atoms with Crippen LogP contribution in [0.15, 0.2) is 30.3 Å². The van der Waals surface area contributed by atoms with E-state index in [1.165, 1.54) is 17.7 Å². The smallest absolute Gasteiger partial charge is 0.0437 e. The molecule has 0 fully saturated rings. The van der Waals surface area contributed by atoms with Crippen LogP contribution in [0.5, 0.6) is 0 Å². The summed E-state index contributed by atoms with van der Waals surface area (Å²) >= 11 is 2.06. The van der Waals surface area contributed by atoms with Gasteiger partial charge in [0.05, 0.1) is 0 Å². The van der Waals surface area contributed by atoms with E-state index in [4.69, 9.17) is 0 Å². The molecule has 0 heterocycles. The Morgan fingerprint density at radius 2 is 1.88 bits per heavy atom. The monoisotopic (exact) mass is 237 g/mol. The van der Waals surface area contributed by atoms with Gasteiger partial charge in [0.2, 0.25) is 0 Å². The fraction of sp³-hybridized carbons (Fsp3) is 0.571. The number of hydrogen-bond acceptors (Lipinski definition) is 2. The van der Waals surface area contributed by atoms with Gasteiger partial charge in [-0.05, 0) is 24.3 Å². The van der Waals surface area contributed by atoms with E-state index in [-0.39, 0.29) is 0 Å². The van der Waals surface area contributed by atoms with Gasteiger partial charge in [-0.3, -0.25) is 0 Å². The molecule has 0 aliphatic heterocycles. The molecule has 1 nitrogen and oxygen atoms in total. The second-order valence-corrected chi connectivity index (χ2v) is 5.51. The number of rotatable bonds is 7. The third kappa shape index (κ3) is 4.18. The molecule has 0 saturated heterocycles. The summed E-state index contributed by atoms with van der Waals surface area (Å²) in [4.78, 5) is 0. The van der Waals surface area contributed by atoms with Crippen molar-refractivity contribution in [1.29, 1.82) is 0 Å². The van der Waals surface area contributed by atoms with Crippen LogP contribution in [0.25, 0.3) is 0 Å². The summed E-state index contributed by atoms with van der Waals surface area (Å²) in [5.41, 5.74) is 1.40. The Kier molecular flexibility index (Phi) is 6.58. The maximum atomic E-state index is 3.59. The van der Waals surface area contributed by atoms with E-state index in [0.717, 1.165) is 6.54 Å². The quantitative estimate of drug-likeness (QED) is 0.772. The average Bonchev–Trinajstić information content (AvgIpc) is 2.34. The summed E-state index contributed by atoms with van der Waals surface area (Å²) in [7, 11) is 0. The van der Waals surface area contributed by atoms with E-state index in [0.29, 0.717) is 11.3 Å². The lowest BCUT2D eigenvalue weighted by molar-refractivity contribution is 0.548. The van der Waals surface area contributed by atoms with E-state index >= 15 is 0 Å². The largest absolute Gasteiger partial charge is 0.309 e. The summed E-state index contributed by atoms with van der Waals surface area (Å²) in [6.07, 6.45) is 1.25.